The van der Waals surface area contributed by atoms with Crippen molar-refractivity contribution in [1.29, 1.82) is 0 Å². The van der Waals surface area contributed by atoms with Gasteiger partial charge in [-0.2, -0.15) is 0 Å². The summed E-state index contributed by atoms with van der Waals surface area (Å²) in [6.07, 6.45) is 4.30. The van der Waals surface area contributed by atoms with Gasteiger partial charge in [-0.1, -0.05) is 29.8 Å². The summed E-state index contributed by atoms with van der Waals surface area (Å²) in [5, 5.41) is 1.01. The number of ether oxygens (including phenoxy) is 1. The van der Waals surface area contributed by atoms with Crippen molar-refractivity contribution in [2.45, 2.75) is 26.7 Å². The van der Waals surface area contributed by atoms with Crippen molar-refractivity contribution < 1.29 is 4.74 Å². The van der Waals surface area contributed by atoms with E-state index in [-0.39, 0.29) is 5.41 Å². The quantitative estimate of drug-likeness (QED) is 0.648. The Hall–Kier alpha value is 0.0200. The van der Waals surface area contributed by atoms with Crippen LogP contribution < -0.4 is 0 Å². The summed E-state index contributed by atoms with van der Waals surface area (Å²) in [4.78, 5) is 0. The average Bonchev–Trinajstić information content (AvgIpc) is 2.06. The first-order valence-electron chi connectivity index (χ1n) is 4.04. The van der Waals surface area contributed by atoms with Gasteiger partial charge in [0.05, 0.1) is 12.9 Å². The minimum absolute atomic E-state index is 0.264. The molecule has 0 aromatic carbocycles. The smallest absolute Gasteiger partial charge is 0.0876 e. The molecule has 0 spiro atoms. The number of allylic oxidation sites excluding steroid dienone is 1. The van der Waals surface area contributed by atoms with Crippen molar-refractivity contribution in [1.82, 2.24) is 0 Å². The summed E-state index contributed by atoms with van der Waals surface area (Å²) in [6.45, 7) is 5.37. The van der Waals surface area contributed by atoms with Gasteiger partial charge in [0.2, 0.25) is 0 Å². The third-order valence-electron chi connectivity index (χ3n) is 2.14. The third-order valence-corrected chi connectivity index (χ3v) is 3.54. The van der Waals surface area contributed by atoms with Crippen molar-refractivity contribution in [3.05, 3.63) is 11.8 Å². The van der Waals surface area contributed by atoms with Gasteiger partial charge in [-0.25, -0.2) is 0 Å². The van der Waals surface area contributed by atoms with Crippen molar-refractivity contribution in [3.8, 4) is 0 Å². The van der Waals surface area contributed by atoms with Crippen molar-refractivity contribution in [2.75, 3.05) is 11.9 Å². The summed E-state index contributed by atoms with van der Waals surface area (Å²) in [7, 11) is 0. The van der Waals surface area contributed by atoms with Gasteiger partial charge in [0.1, 0.15) is 0 Å². The van der Waals surface area contributed by atoms with Gasteiger partial charge in [-0.05, 0) is 23.8 Å². The monoisotopic (exact) mass is 218 g/mol. The summed E-state index contributed by atoms with van der Waals surface area (Å²) in [5.41, 5.74) is 1.70. The number of hydrogen-bond acceptors (Lipinski definition) is 1. The van der Waals surface area contributed by atoms with E-state index in [1.807, 2.05) is 6.26 Å². The molecule has 11 heavy (non-hydrogen) atoms. The van der Waals surface area contributed by atoms with Gasteiger partial charge in [0, 0.05) is 5.33 Å². The highest BCUT2D eigenvalue weighted by Crippen LogP contribution is 2.33. The summed E-state index contributed by atoms with van der Waals surface area (Å²) >= 11 is 3.51. The SMILES string of the molecule is CC(C)(CBr)C1=COCCC1. The minimum atomic E-state index is 0.264. The first kappa shape index (κ1) is 9.11. The van der Waals surface area contributed by atoms with Crippen molar-refractivity contribution >= 4 is 15.9 Å². The molecule has 1 rings (SSSR count). The van der Waals surface area contributed by atoms with Gasteiger partial charge in [0.25, 0.3) is 0 Å². The molecule has 1 nitrogen and oxygen atoms in total. The second-order valence-corrected chi connectivity index (χ2v) is 4.20. The molecule has 1 heterocycles. The lowest BCUT2D eigenvalue weighted by Gasteiger charge is -2.27. The lowest BCUT2D eigenvalue weighted by molar-refractivity contribution is 0.211. The van der Waals surface area contributed by atoms with Gasteiger partial charge in [-0.3, -0.25) is 0 Å². The maximum absolute atomic E-state index is 5.29. The molecule has 0 bridgehead atoms. The molecule has 1 aliphatic heterocycles. The standard InChI is InChI=1S/C9H15BrO/c1-9(2,7-10)8-4-3-5-11-6-8/h6H,3-5,7H2,1-2H3. The predicted molar refractivity (Wildman–Crippen MR) is 50.8 cm³/mol. The van der Waals surface area contributed by atoms with E-state index in [0.717, 1.165) is 11.9 Å². The zero-order valence-corrected chi connectivity index (χ0v) is 8.78. The Balaban J connectivity index is 2.64. The zero-order valence-electron chi connectivity index (χ0n) is 7.19. The van der Waals surface area contributed by atoms with E-state index in [4.69, 9.17) is 4.74 Å². The fourth-order valence-corrected chi connectivity index (χ4v) is 1.51. The van der Waals surface area contributed by atoms with Gasteiger partial charge < -0.3 is 4.74 Å². The van der Waals surface area contributed by atoms with E-state index < -0.39 is 0 Å². The Bertz CT molecular complexity index is 161. The van der Waals surface area contributed by atoms with E-state index in [1.54, 1.807) is 0 Å². The predicted octanol–water partition coefficient (Wildman–Crippen LogP) is 3.10. The molecule has 64 valence electrons. The number of hydrogen-bond donors (Lipinski definition) is 0. The van der Waals surface area contributed by atoms with Crippen LogP contribution in [0.2, 0.25) is 0 Å². The molecular formula is C9H15BrO. The van der Waals surface area contributed by atoms with Gasteiger partial charge in [0.15, 0.2) is 0 Å². The third kappa shape index (κ3) is 2.22. The van der Waals surface area contributed by atoms with E-state index in [1.165, 1.54) is 18.4 Å². The molecular weight excluding hydrogens is 204 g/mol. The van der Waals surface area contributed by atoms with Crippen LogP contribution in [0.5, 0.6) is 0 Å². The maximum Gasteiger partial charge on any atom is 0.0876 e. The molecule has 0 radical (unpaired) electrons. The molecule has 0 aromatic heterocycles. The van der Waals surface area contributed by atoms with E-state index >= 15 is 0 Å². The van der Waals surface area contributed by atoms with E-state index in [2.05, 4.69) is 29.8 Å². The second kappa shape index (κ2) is 3.61. The van der Waals surface area contributed by atoms with Crippen molar-refractivity contribution in [2.24, 2.45) is 5.41 Å². The summed E-state index contributed by atoms with van der Waals surface area (Å²) < 4.78 is 5.29. The van der Waals surface area contributed by atoms with Crippen LogP contribution in [0.15, 0.2) is 11.8 Å². The molecule has 0 unspecified atom stereocenters. The maximum atomic E-state index is 5.29. The van der Waals surface area contributed by atoms with Crippen molar-refractivity contribution in [3.63, 3.8) is 0 Å². The summed E-state index contributed by atoms with van der Waals surface area (Å²) in [5.74, 6) is 0. The van der Waals surface area contributed by atoms with Crippen LogP contribution in [0, 0.1) is 5.41 Å². The highest BCUT2D eigenvalue weighted by molar-refractivity contribution is 9.09. The fourth-order valence-electron chi connectivity index (χ4n) is 1.15. The molecule has 0 N–H and O–H groups in total. The Labute approximate surface area is 76.9 Å². The van der Waals surface area contributed by atoms with Crippen LogP contribution in [0.25, 0.3) is 0 Å². The second-order valence-electron chi connectivity index (χ2n) is 3.63. The molecule has 0 fully saturated rings. The Kier molecular flexibility index (Phi) is 2.99. The highest BCUT2D eigenvalue weighted by Gasteiger charge is 2.23. The van der Waals surface area contributed by atoms with Crippen LogP contribution in [-0.4, -0.2) is 11.9 Å². The molecule has 2 heteroatoms. The molecule has 0 aromatic rings. The Morgan fingerprint density at radius 3 is 2.82 bits per heavy atom. The fraction of sp³-hybridized carbons (Fsp3) is 0.778. The molecule has 0 amide bonds. The van der Waals surface area contributed by atoms with E-state index in [9.17, 15) is 0 Å². The average molecular weight is 219 g/mol. The Morgan fingerprint density at radius 1 is 1.64 bits per heavy atom. The van der Waals surface area contributed by atoms with Crippen LogP contribution >= 0.6 is 15.9 Å². The molecule has 0 atom stereocenters. The molecule has 0 saturated heterocycles. The number of alkyl halides is 1. The van der Waals surface area contributed by atoms with Crippen LogP contribution in [0.1, 0.15) is 26.7 Å². The van der Waals surface area contributed by atoms with Crippen LogP contribution in [0.4, 0.5) is 0 Å². The minimum Gasteiger partial charge on any atom is -0.501 e. The van der Waals surface area contributed by atoms with Crippen LogP contribution in [0.3, 0.4) is 0 Å². The van der Waals surface area contributed by atoms with Gasteiger partial charge in [-0.15, -0.1) is 0 Å². The number of halogens is 1. The summed E-state index contributed by atoms with van der Waals surface area (Å²) in [6, 6.07) is 0. The number of rotatable bonds is 2. The lowest BCUT2D eigenvalue weighted by atomic mass is 9.84. The first-order chi connectivity index (χ1) is 5.17. The molecule has 1 aliphatic rings. The lowest BCUT2D eigenvalue weighted by Crippen LogP contribution is -2.19. The first-order valence-corrected chi connectivity index (χ1v) is 5.16. The molecule has 0 saturated carbocycles. The van der Waals surface area contributed by atoms with Crippen LogP contribution in [-0.2, 0) is 4.74 Å². The largest absolute Gasteiger partial charge is 0.501 e. The normalized spacial score (nSPS) is 19.0. The van der Waals surface area contributed by atoms with E-state index in [0.29, 0.717) is 0 Å². The Morgan fingerprint density at radius 2 is 2.36 bits per heavy atom. The topological polar surface area (TPSA) is 9.23 Å². The molecule has 0 aliphatic carbocycles. The van der Waals surface area contributed by atoms with Gasteiger partial charge >= 0.3 is 0 Å². The zero-order chi connectivity index (χ0) is 8.32. The highest BCUT2D eigenvalue weighted by atomic mass is 79.9.